The minimum atomic E-state index is -4.15. The zero-order chi connectivity index (χ0) is 18.6. The van der Waals surface area contributed by atoms with E-state index in [2.05, 4.69) is 9.46 Å². The molecule has 3 N–H and O–H groups in total. The van der Waals surface area contributed by atoms with Crippen LogP contribution in [0.1, 0.15) is 32.1 Å². The molecule has 1 aromatic carbocycles. The van der Waals surface area contributed by atoms with E-state index in [4.69, 9.17) is 5.73 Å². The Morgan fingerprint density at radius 1 is 1.40 bits per heavy atom. The van der Waals surface area contributed by atoms with E-state index in [0.717, 1.165) is 45.3 Å². The van der Waals surface area contributed by atoms with Crippen molar-refractivity contribution in [2.24, 2.45) is 11.7 Å². The second-order valence-corrected chi connectivity index (χ2v) is 7.79. The maximum Gasteiger partial charge on any atom is 0.315 e. The Bertz CT molecular complexity index is 735. The second kappa shape index (κ2) is 8.07. The Balaban J connectivity index is 2.33. The van der Waals surface area contributed by atoms with Gasteiger partial charge in [0, 0.05) is 18.7 Å². The minimum Gasteiger partial charge on any atom is -0.488 e. The summed E-state index contributed by atoms with van der Waals surface area (Å²) in [5, 5.41) is 11.1. The number of sulfonamides is 1. The highest BCUT2D eigenvalue weighted by Gasteiger charge is 2.30. The monoisotopic (exact) mass is 375 g/mol. The van der Waals surface area contributed by atoms with E-state index in [9.17, 15) is 22.9 Å². The van der Waals surface area contributed by atoms with Crippen LogP contribution in [0.25, 0.3) is 0 Å². The van der Waals surface area contributed by atoms with Crippen molar-refractivity contribution in [3.05, 3.63) is 28.1 Å². The number of hydrogen-bond acceptors (Lipinski definition) is 6. The fraction of sp³-hybridized carbons (Fsp3) is 0.600. The lowest BCUT2D eigenvalue weighted by molar-refractivity contribution is -0.386. The number of nitrogens with two attached hydrogens (primary N) is 1. The molecule has 1 saturated carbocycles. The van der Waals surface area contributed by atoms with E-state index in [0.29, 0.717) is 6.07 Å². The van der Waals surface area contributed by atoms with Gasteiger partial charge in [-0.3, -0.25) is 10.1 Å². The molecule has 0 heterocycles. The van der Waals surface area contributed by atoms with E-state index in [-0.39, 0.29) is 12.5 Å². The molecule has 0 saturated heterocycles. The van der Waals surface area contributed by atoms with Gasteiger partial charge in [0.1, 0.15) is 0 Å². The van der Waals surface area contributed by atoms with Crippen molar-refractivity contribution < 1.29 is 22.5 Å². The number of nitro benzene ring substituents is 1. The molecule has 10 heteroatoms. The van der Waals surface area contributed by atoms with Crippen LogP contribution in [-0.4, -0.2) is 33.0 Å². The summed E-state index contributed by atoms with van der Waals surface area (Å²) >= 11 is 0. The summed E-state index contributed by atoms with van der Waals surface area (Å²) in [6, 6.07) is 1.01. The van der Waals surface area contributed by atoms with E-state index in [1.165, 1.54) is 0 Å². The molecule has 0 radical (unpaired) electrons. The van der Waals surface area contributed by atoms with Crippen LogP contribution in [0.2, 0.25) is 0 Å². The molecule has 140 valence electrons. The van der Waals surface area contributed by atoms with Crippen molar-refractivity contribution in [2.45, 2.75) is 43.0 Å². The number of hydrogen-bond donors (Lipinski definition) is 2. The third-order valence-corrected chi connectivity index (χ3v) is 5.96. The first-order valence-electron chi connectivity index (χ1n) is 8.04. The Hall–Kier alpha value is -1.78. The van der Waals surface area contributed by atoms with Crippen molar-refractivity contribution in [1.29, 1.82) is 0 Å². The van der Waals surface area contributed by atoms with Crippen molar-refractivity contribution in [2.75, 3.05) is 13.7 Å². The highest BCUT2D eigenvalue weighted by molar-refractivity contribution is 7.89. The molecule has 0 aromatic heterocycles. The molecular formula is C15H22FN3O5S. The van der Waals surface area contributed by atoms with Crippen LogP contribution >= 0.6 is 0 Å². The van der Waals surface area contributed by atoms with Gasteiger partial charge in [0.15, 0.2) is 5.82 Å². The number of rotatable bonds is 7. The third kappa shape index (κ3) is 4.44. The van der Waals surface area contributed by atoms with Crippen LogP contribution < -0.4 is 15.2 Å². The summed E-state index contributed by atoms with van der Waals surface area (Å²) in [6.45, 7) is 0.102. The Kier molecular flexibility index (Phi) is 6.31. The van der Waals surface area contributed by atoms with Crippen molar-refractivity contribution in [1.82, 2.24) is 4.72 Å². The smallest absolute Gasteiger partial charge is 0.315 e. The molecule has 1 atom stereocenters. The number of halogens is 1. The van der Waals surface area contributed by atoms with Crippen LogP contribution in [0.4, 0.5) is 10.1 Å². The lowest BCUT2D eigenvalue weighted by Gasteiger charge is -2.29. The van der Waals surface area contributed by atoms with Gasteiger partial charge in [-0.05, 0) is 24.8 Å². The molecular weight excluding hydrogens is 353 g/mol. The number of nitro groups is 1. The molecule has 1 unspecified atom stereocenters. The minimum absolute atomic E-state index is 0.102. The lowest BCUT2D eigenvalue weighted by Crippen LogP contribution is -2.45. The molecule has 0 aliphatic heterocycles. The largest absolute Gasteiger partial charge is 0.488 e. The first-order valence-corrected chi connectivity index (χ1v) is 9.52. The number of nitrogens with zero attached hydrogens (tertiary/aromatic N) is 1. The zero-order valence-electron chi connectivity index (χ0n) is 13.9. The van der Waals surface area contributed by atoms with E-state index >= 15 is 0 Å². The van der Waals surface area contributed by atoms with E-state index < -0.39 is 43.1 Å². The third-order valence-electron chi connectivity index (χ3n) is 4.49. The van der Waals surface area contributed by atoms with Crippen LogP contribution in [-0.2, 0) is 10.0 Å². The average molecular weight is 375 g/mol. The molecule has 1 aliphatic carbocycles. The van der Waals surface area contributed by atoms with Gasteiger partial charge in [0.25, 0.3) is 0 Å². The first-order chi connectivity index (χ1) is 11.8. The van der Waals surface area contributed by atoms with Gasteiger partial charge in [-0.2, -0.15) is 0 Å². The Morgan fingerprint density at radius 3 is 2.56 bits per heavy atom. The van der Waals surface area contributed by atoms with Gasteiger partial charge in [-0.1, -0.05) is 19.3 Å². The van der Waals surface area contributed by atoms with Gasteiger partial charge < -0.3 is 10.5 Å². The first kappa shape index (κ1) is 19.5. The van der Waals surface area contributed by atoms with E-state index in [1.54, 1.807) is 0 Å². The normalized spacial score (nSPS) is 17.2. The lowest BCUT2D eigenvalue weighted by atomic mass is 9.84. The highest BCUT2D eigenvalue weighted by Crippen LogP contribution is 2.33. The summed E-state index contributed by atoms with van der Waals surface area (Å²) in [6.07, 6.45) is 4.84. The van der Waals surface area contributed by atoms with Crippen LogP contribution in [0.5, 0.6) is 5.75 Å². The van der Waals surface area contributed by atoms with Crippen molar-refractivity contribution in [3.63, 3.8) is 0 Å². The summed E-state index contributed by atoms with van der Waals surface area (Å²) in [5.74, 6) is -1.61. The van der Waals surface area contributed by atoms with Crippen LogP contribution in [0.15, 0.2) is 17.0 Å². The quantitative estimate of drug-likeness (QED) is 0.554. The average Bonchev–Trinajstić information content (AvgIpc) is 2.59. The Labute approximate surface area is 145 Å². The summed E-state index contributed by atoms with van der Waals surface area (Å²) < 4.78 is 46.3. The molecule has 2 rings (SSSR count). The van der Waals surface area contributed by atoms with Gasteiger partial charge >= 0.3 is 5.69 Å². The van der Waals surface area contributed by atoms with Gasteiger partial charge in [0.2, 0.25) is 15.8 Å². The molecule has 0 spiro atoms. The van der Waals surface area contributed by atoms with Gasteiger partial charge in [-0.15, -0.1) is 0 Å². The van der Waals surface area contributed by atoms with E-state index in [1.807, 2.05) is 0 Å². The standard InChI is InChI=1S/C15H22FN3O5S/c1-24-15-12(16)7-11(8-14(15)19(20)21)25(22,23)18-13(9-17)10-5-3-2-4-6-10/h7-8,10,13,18H,2-6,9,17H2,1H3. The van der Waals surface area contributed by atoms with Crippen molar-refractivity contribution >= 4 is 15.7 Å². The molecule has 8 nitrogen and oxygen atoms in total. The SMILES string of the molecule is COc1c(F)cc(S(=O)(=O)NC(CN)C2CCCCC2)cc1[N+](=O)[O-]. The van der Waals surface area contributed by atoms with Crippen molar-refractivity contribution in [3.8, 4) is 5.75 Å². The Morgan fingerprint density at radius 2 is 2.04 bits per heavy atom. The second-order valence-electron chi connectivity index (χ2n) is 6.08. The molecule has 1 aliphatic rings. The molecule has 0 bridgehead atoms. The number of nitrogens with one attached hydrogen (secondary N) is 1. The summed E-state index contributed by atoms with van der Waals surface area (Å²) in [4.78, 5) is 9.65. The highest BCUT2D eigenvalue weighted by atomic mass is 32.2. The predicted molar refractivity (Wildman–Crippen MR) is 89.3 cm³/mol. The summed E-state index contributed by atoms with van der Waals surface area (Å²) in [7, 11) is -3.08. The van der Waals surface area contributed by atoms with Crippen LogP contribution in [0.3, 0.4) is 0 Å². The fourth-order valence-electron chi connectivity index (χ4n) is 3.19. The molecule has 25 heavy (non-hydrogen) atoms. The van der Waals surface area contributed by atoms with Gasteiger partial charge in [-0.25, -0.2) is 17.5 Å². The number of methoxy groups -OCH3 is 1. The predicted octanol–water partition coefficient (Wildman–Crippen LogP) is 1.93. The molecule has 1 aromatic rings. The maximum absolute atomic E-state index is 14.0. The molecule has 0 amide bonds. The topological polar surface area (TPSA) is 125 Å². The summed E-state index contributed by atoms with van der Waals surface area (Å²) in [5.41, 5.74) is 4.97. The fourth-order valence-corrected chi connectivity index (χ4v) is 4.54. The van der Waals surface area contributed by atoms with Crippen LogP contribution in [0, 0.1) is 21.8 Å². The molecule has 1 fully saturated rings. The number of benzene rings is 1. The van der Waals surface area contributed by atoms with Gasteiger partial charge in [0.05, 0.1) is 16.9 Å². The maximum atomic E-state index is 14.0. The number of ether oxygens (including phenoxy) is 1. The zero-order valence-corrected chi connectivity index (χ0v) is 14.7.